The molecule has 1 aliphatic rings. The zero-order chi connectivity index (χ0) is 11.4. The first-order chi connectivity index (χ1) is 7.02. The topological polar surface area (TPSA) is 69.6 Å². The Hall–Kier alpha value is -1.10. The highest BCUT2D eigenvalue weighted by molar-refractivity contribution is 5.86. The molecular weight excluding hydrogens is 196 g/mol. The number of nitrogens with zero attached hydrogens (tertiary/aromatic N) is 1. The fourth-order valence-corrected chi connectivity index (χ4v) is 1.69. The minimum atomic E-state index is -1.00. The number of carboxylic acid groups (broad SMARTS) is 1. The van der Waals surface area contributed by atoms with Crippen LogP contribution in [0.25, 0.3) is 0 Å². The summed E-state index contributed by atoms with van der Waals surface area (Å²) < 4.78 is 0. The van der Waals surface area contributed by atoms with E-state index in [1.165, 1.54) is 6.92 Å². The van der Waals surface area contributed by atoms with Crippen LogP contribution in [0.4, 0.5) is 0 Å². The van der Waals surface area contributed by atoms with Crippen molar-refractivity contribution in [3.8, 4) is 0 Å². The molecule has 0 aromatic rings. The molecule has 1 saturated heterocycles. The molecule has 86 valence electrons. The Kier molecular flexibility index (Phi) is 4.08. The predicted molar refractivity (Wildman–Crippen MR) is 55.5 cm³/mol. The van der Waals surface area contributed by atoms with Crippen LogP contribution < -0.4 is 5.32 Å². The maximum absolute atomic E-state index is 11.6. The summed E-state index contributed by atoms with van der Waals surface area (Å²) in [6.45, 7) is 5.14. The maximum atomic E-state index is 11.6. The van der Waals surface area contributed by atoms with Gasteiger partial charge < -0.3 is 10.4 Å². The van der Waals surface area contributed by atoms with E-state index >= 15 is 0 Å². The van der Waals surface area contributed by atoms with Crippen LogP contribution in [0.15, 0.2) is 0 Å². The second kappa shape index (κ2) is 5.11. The predicted octanol–water partition coefficient (Wildman–Crippen LogP) is 0.0600. The number of likely N-dealkylation sites (tertiary alicyclic amines) is 1. The fraction of sp³-hybridized carbons (Fsp3) is 0.800. The third-order valence-corrected chi connectivity index (χ3v) is 2.80. The molecule has 2 atom stereocenters. The largest absolute Gasteiger partial charge is 0.480 e. The summed E-state index contributed by atoms with van der Waals surface area (Å²) in [5.41, 5.74) is 0. The molecule has 1 heterocycles. The standard InChI is InChI=1S/C10H18N2O3/c1-7(10(14)15)11-9(13)8(2)12-5-3-4-6-12/h7-8H,3-6H2,1-2H3,(H,11,13)(H,14,15). The van der Waals surface area contributed by atoms with Crippen LogP contribution in [0.5, 0.6) is 0 Å². The van der Waals surface area contributed by atoms with Gasteiger partial charge in [-0.2, -0.15) is 0 Å². The average molecular weight is 214 g/mol. The lowest BCUT2D eigenvalue weighted by atomic mass is 10.2. The van der Waals surface area contributed by atoms with E-state index in [9.17, 15) is 9.59 Å². The van der Waals surface area contributed by atoms with E-state index in [1.807, 2.05) is 6.92 Å². The first-order valence-electron chi connectivity index (χ1n) is 5.29. The van der Waals surface area contributed by atoms with Crippen LogP contribution in [-0.2, 0) is 9.59 Å². The molecule has 2 unspecified atom stereocenters. The van der Waals surface area contributed by atoms with Gasteiger partial charge in [0, 0.05) is 0 Å². The minimum Gasteiger partial charge on any atom is -0.480 e. The number of carbonyl (C=O) groups excluding carboxylic acids is 1. The molecular formula is C10H18N2O3. The fourth-order valence-electron chi connectivity index (χ4n) is 1.69. The summed E-state index contributed by atoms with van der Waals surface area (Å²) in [5.74, 6) is -1.20. The molecule has 1 amide bonds. The Bertz CT molecular complexity index is 249. The van der Waals surface area contributed by atoms with Crippen molar-refractivity contribution in [1.82, 2.24) is 10.2 Å². The number of rotatable bonds is 4. The van der Waals surface area contributed by atoms with Gasteiger partial charge in [-0.15, -0.1) is 0 Å². The highest BCUT2D eigenvalue weighted by Crippen LogP contribution is 2.11. The average Bonchev–Trinajstić information content (AvgIpc) is 2.68. The summed E-state index contributed by atoms with van der Waals surface area (Å²) in [7, 11) is 0. The first-order valence-corrected chi connectivity index (χ1v) is 5.29. The molecule has 1 aliphatic heterocycles. The van der Waals surface area contributed by atoms with E-state index in [-0.39, 0.29) is 11.9 Å². The number of hydrogen-bond acceptors (Lipinski definition) is 3. The molecule has 0 radical (unpaired) electrons. The van der Waals surface area contributed by atoms with E-state index in [1.54, 1.807) is 0 Å². The van der Waals surface area contributed by atoms with Gasteiger partial charge in [0.25, 0.3) is 0 Å². The number of carbonyl (C=O) groups is 2. The Morgan fingerprint density at radius 1 is 1.27 bits per heavy atom. The lowest BCUT2D eigenvalue weighted by molar-refractivity contribution is -0.142. The van der Waals surface area contributed by atoms with Crippen LogP contribution in [0.1, 0.15) is 26.7 Å². The third-order valence-electron chi connectivity index (χ3n) is 2.80. The zero-order valence-electron chi connectivity index (χ0n) is 9.19. The quantitative estimate of drug-likeness (QED) is 0.694. The molecule has 2 N–H and O–H groups in total. The van der Waals surface area contributed by atoms with Crippen molar-refractivity contribution in [1.29, 1.82) is 0 Å². The Balaban J connectivity index is 2.41. The van der Waals surface area contributed by atoms with E-state index in [4.69, 9.17) is 5.11 Å². The molecule has 0 spiro atoms. The van der Waals surface area contributed by atoms with Crippen molar-refractivity contribution < 1.29 is 14.7 Å². The number of carboxylic acids is 1. The molecule has 5 nitrogen and oxygen atoms in total. The molecule has 0 saturated carbocycles. The van der Waals surface area contributed by atoms with Crippen LogP contribution in [0, 0.1) is 0 Å². The molecule has 0 bridgehead atoms. The summed E-state index contributed by atoms with van der Waals surface area (Å²) >= 11 is 0. The molecule has 15 heavy (non-hydrogen) atoms. The smallest absolute Gasteiger partial charge is 0.325 e. The second-order valence-electron chi connectivity index (χ2n) is 3.99. The summed E-state index contributed by atoms with van der Waals surface area (Å²) in [6, 6.07) is -1.04. The number of nitrogens with one attached hydrogen (secondary N) is 1. The normalized spacial score (nSPS) is 20.9. The lowest BCUT2D eigenvalue weighted by Crippen LogP contribution is -2.48. The highest BCUT2D eigenvalue weighted by atomic mass is 16.4. The van der Waals surface area contributed by atoms with Crippen molar-refractivity contribution in [3.63, 3.8) is 0 Å². The third kappa shape index (κ3) is 3.20. The Morgan fingerprint density at radius 2 is 1.80 bits per heavy atom. The van der Waals surface area contributed by atoms with Gasteiger partial charge in [0.1, 0.15) is 6.04 Å². The minimum absolute atomic E-state index is 0.202. The van der Waals surface area contributed by atoms with Crippen molar-refractivity contribution in [2.75, 3.05) is 13.1 Å². The molecule has 1 rings (SSSR count). The second-order valence-corrected chi connectivity index (χ2v) is 3.99. The van der Waals surface area contributed by atoms with Gasteiger partial charge in [0.2, 0.25) is 5.91 Å². The number of amides is 1. The van der Waals surface area contributed by atoms with Gasteiger partial charge in [0.15, 0.2) is 0 Å². The first kappa shape index (κ1) is 12.0. The monoisotopic (exact) mass is 214 g/mol. The van der Waals surface area contributed by atoms with E-state index < -0.39 is 12.0 Å². The van der Waals surface area contributed by atoms with Gasteiger partial charge in [-0.3, -0.25) is 14.5 Å². The molecule has 0 aliphatic carbocycles. The van der Waals surface area contributed by atoms with Crippen molar-refractivity contribution >= 4 is 11.9 Å². The Morgan fingerprint density at radius 3 is 2.27 bits per heavy atom. The Labute approximate surface area is 89.4 Å². The van der Waals surface area contributed by atoms with Gasteiger partial charge in [-0.25, -0.2) is 0 Å². The molecule has 0 aromatic carbocycles. The van der Waals surface area contributed by atoms with Gasteiger partial charge >= 0.3 is 5.97 Å². The van der Waals surface area contributed by atoms with Crippen molar-refractivity contribution in [2.45, 2.75) is 38.8 Å². The maximum Gasteiger partial charge on any atom is 0.325 e. The van der Waals surface area contributed by atoms with Gasteiger partial charge in [0.05, 0.1) is 6.04 Å². The molecule has 0 aromatic heterocycles. The summed E-state index contributed by atoms with van der Waals surface area (Å²) in [5, 5.41) is 11.1. The molecule has 5 heteroatoms. The van der Waals surface area contributed by atoms with Gasteiger partial charge in [-0.1, -0.05) is 0 Å². The summed E-state index contributed by atoms with van der Waals surface area (Å²) in [4.78, 5) is 24.3. The lowest BCUT2D eigenvalue weighted by Gasteiger charge is -2.23. The van der Waals surface area contributed by atoms with Crippen LogP contribution in [0.2, 0.25) is 0 Å². The summed E-state index contributed by atoms with van der Waals surface area (Å²) in [6.07, 6.45) is 2.23. The van der Waals surface area contributed by atoms with Crippen molar-refractivity contribution in [3.05, 3.63) is 0 Å². The van der Waals surface area contributed by atoms with Crippen LogP contribution >= 0.6 is 0 Å². The SMILES string of the molecule is CC(NC(=O)C(C)N1CCCC1)C(=O)O. The zero-order valence-corrected chi connectivity index (χ0v) is 9.19. The van der Waals surface area contributed by atoms with Gasteiger partial charge in [-0.05, 0) is 39.8 Å². The van der Waals surface area contributed by atoms with E-state index in [0.717, 1.165) is 25.9 Å². The molecule has 1 fully saturated rings. The van der Waals surface area contributed by atoms with Crippen LogP contribution in [0.3, 0.4) is 0 Å². The number of hydrogen-bond donors (Lipinski definition) is 2. The van der Waals surface area contributed by atoms with Crippen molar-refractivity contribution in [2.24, 2.45) is 0 Å². The number of aliphatic carboxylic acids is 1. The van der Waals surface area contributed by atoms with E-state index in [2.05, 4.69) is 10.2 Å². The highest BCUT2D eigenvalue weighted by Gasteiger charge is 2.25. The van der Waals surface area contributed by atoms with Crippen LogP contribution in [-0.4, -0.2) is 47.1 Å². The van der Waals surface area contributed by atoms with E-state index in [0.29, 0.717) is 0 Å².